The first kappa shape index (κ1) is 18.7. The van der Waals surface area contributed by atoms with Crippen molar-refractivity contribution in [1.29, 1.82) is 5.26 Å². The van der Waals surface area contributed by atoms with Crippen molar-refractivity contribution >= 4 is 11.9 Å². The van der Waals surface area contributed by atoms with Crippen LogP contribution in [0.1, 0.15) is 38.7 Å². The third kappa shape index (κ3) is 4.48. The quantitative estimate of drug-likeness (QED) is 0.699. The number of benzene rings is 1. The number of imide groups is 1. The highest BCUT2D eigenvalue weighted by molar-refractivity contribution is 6.06. The fraction of sp³-hybridized carbons (Fsp3) is 0.500. The largest absolute Gasteiger partial charge is 0.491 e. The van der Waals surface area contributed by atoms with E-state index < -0.39 is 17.7 Å². The lowest BCUT2D eigenvalue weighted by atomic mass is 9.95. The van der Waals surface area contributed by atoms with Gasteiger partial charge >= 0.3 is 6.03 Å². The number of ether oxygens (including phenoxy) is 1. The summed E-state index contributed by atoms with van der Waals surface area (Å²) in [7, 11) is 0. The number of carbonyl (C=O) groups is 2. The zero-order valence-corrected chi connectivity index (χ0v) is 14.5. The number of β-amino-alcohol motifs (C(OH)–C–C–N with tert-alkyl or cyclic N) is 1. The van der Waals surface area contributed by atoms with E-state index in [1.807, 2.05) is 13.0 Å². The summed E-state index contributed by atoms with van der Waals surface area (Å²) in [5.74, 6) is 0.186. The highest BCUT2D eigenvalue weighted by Gasteiger charge is 2.47. The van der Waals surface area contributed by atoms with Gasteiger partial charge in [0.2, 0.25) is 0 Å². The van der Waals surface area contributed by atoms with E-state index in [2.05, 4.69) is 5.32 Å². The van der Waals surface area contributed by atoms with Crippen LogP contribution in [0.4, 0.5) is 4.79 Å². The van der Waals surface area contributed by atoms with Gasteiger partial charge in [0.05, 0.1) is 18.2 Å². The summed E-state index contributed by atoms with van der Waals surface area (Å²) in [5, 5.41) is 21.6. The van der Waals surface area contributed by atoms with Crippen molar-refractivity contribution in [1.82, 2.24) is 10.2 Å². The van der Waals surface area contributed by atoms with Gasteiger partial charge in [-0.05, 0) is 37.6 Å². The Kier molecular flexibility index (Phi) is 5.99. The van der Waals surface area contributed by atoms with E-state index in [9.17, 15) is 14.7 Å². The number of hydrogen-bond acceptors (Lipinski definition) is 5. The summed E-state index contributed by atoms with van der Waals surface area (Å²) >= 11 is 0. The number of nitriles is 1. The second kappa shape index (κ2) is 7.99. The fourth-order valence-electron chi connectivity index (χ4n) is 2.69. The van der Waals surface area contributed by atoms with Gasteiger partial charge in [-0.25, -0.2) is 4.79 Å². The maximum Gasteiger partial charge on any atom is 0.325 e. The summed E-state index contributed by atoms with van der Waals surface area (Å²) < 4.78 is 5.44. The molecule has 1 fully saturated rings. The Balaban J connectivity index is 1.89. The van der Waals surface area contributed by atoms with Crippen LogP contribution in [0, 0.1) is 11.3 Å². The predicted molar refractivity (Wildman–Crippen MR) is 90.8 cm³/mol. The minimum atomic E-state index is -1.00. The van der Waals surface area contributed by atoms with Crippen LogP contribution in [0.2, 0.25) is 0 Å². The number of hydrogen-bond donors (Lipinski definition) is 2. The molecule has 0 spiro atoms. The van der Waals surface area contributed by atoms with Gasteiger partial charge in [0, 0.05) is 0 Å². The minimum absolute atomic E-state index is 0.0609. The van der Waals surface area contributed by atoms with Gasteiger partial charge in [-0.2, -0.15) is 5.26 Å². The molecule has 25 heavy (non-hydrogen) atoms. The monoisotopic (exact) mass is 345 g/mol. The highest BCUT2D eigenvalue weighted by Crippen LogP contribution is 2.23. The Bertz CT molecular complexity index is 668. The van der Waals surface area contributed by atoms with Crippen molar-refractivity contribution in [2.24, 2.45) is 0 Å². The molecule has 0 aromatic heterocycles. The molecule has 0 bridgehead atoms. The van der Waals surface area contributed by atoms with Crippen molar-refractivity contribution in [3.05, 3.63) is 29.8 Å². The van der Waals surface area contributed by atoms with Gasteiger partial charge in [0.1, 0.15) is 24.0 Å². The topological polar surface area (TPSA) is 103 Å². The van der Waals surface area contributed by atoms with Gasteiger partial charge in [0.25, 0.3) is 5.91 Å². The number of carbonyl (C=O) groups excluding carboxylic acids is 2. The zero-order chi connectivity index (χ0) is 18.4. The Hall–Kier alpha value is -2.59. The average Bonchev–Trinajstić information content (AvgIpc) is 2.82. The van der Waals surface area contributed by atoms with E-state index >= 15 is 0 Å². The van der Waals surface area contributed by atoms with E-state index in [1.165, 1.54) is 0 Å². The summed E-state index contributed by atoms with van der Waals surface area (Å²) in [5.41, 5.74) is -0.389. The summed E-state index contributed by atoms with van der Waals surface area (Å²) in [4.78, 5) is 25.6. The molecule has 7 heteroatoms. The molecular formula is C18H23N3O4. The number of urea groups is 1. The molecule has 3 amide bonds. The molecule has 134 valence electrons. The lowest BCUT2D eigenvalue weighted by Crippen LogP contribution is -2.44. The summed E-state index contributed by atoms with van der Waals surface area (Å²) in [6.07, 6.45) is 1.34. The second-order valence-electron chi connectivity index (χ2n) is 6.38. The second-order valence-corrected chi connectivity index (χ2v) is 6.38. The summed E-state index contributed by atoms with van der Waals surface area (Å²) in [6, 6.07) is 7.99. The first-order valence-corrected chi connectivity index (χ1v) is 8.34. The van der Waals surface area contributed by atoms with Crippen LogP contribution in [0.15, 0.2) is 24.3 Å². The van der Waals surface area contributed by atoms with E-state index in [-0.39, 0.29) is 19.1 Å². The van der Waals surface area contributed by atoms with Crippen LogP contribution in [0.25, 0.3) is 0 Å². The van der Waals surface area contributed by atoms with E-state index in [0.717, 1.165) is 17.7 Å². The molecule has 0 saturated carbocycles. The Morgan fingerprint density at radius 3 is 2.64 bits per heavy atom. The van der Waals surface area contributed by atoms with Crippen molar-refractivity contribution in [2.45, 2.75) is 44.8 Å². The first-order valence-electron chi connectivity index (χ1n) is 8.34. The van der Waals surface area contributed by atoms with Crippen LogP contribution in [-0.4, -0.2) is 46.7 Å². The number of nitrogens with one attached hydrogen (secondary N) is 1. The van der Waals surface area contributed by atoms with Crippen molar-refractivity contribution < 1.29 is 19.4 Å². The third-order valence-corrected chi connectivity index (χ3v) is 4.19. The molecule has 2 atom stereocenters. The fourth-order valence-corrected chi connectivity index (χ4v) is 2.69. The van der Waals surface area contributed by atoms with Crippen LogP contribution in [0.5, 0.6) is 5.75 Å². The minimum Gasteiger partial charge on any atom is -0.491 e. The molecule has 1 aliphatic heterocycles. The van der Waals surface area contributed by atoms with Crippen molar-refractivity contribution in [2.75, 3.05) is 13.2 Å². The predicted octanol–water partition coefficient (Wildman–Crippen LogP) is 1.80. The number of rotatable bonds is 8. The number of aliphatic hydroxyl groups is 1. The first-order chi connectivity index (χ1) is 11.9. The molecule has 1 aromatic rings. The van der Waals surface area contributed by atoms with Gasteiger partial charge in [0.15, 0.2) is 0 Å². The number of aliphatic hydroxyl groups excluding tert-OH is 1. The van der Waals surface area contributed by atoms with Crippen LogP contribution >= 0.6 is 0 Å². The van der Waals surface area contributed by atoms with E-state index in [1.54, 1.807) is 31.2 Å². The summed E-state index contributed by atoms with van der Waals surface area (Å²) in [6.45, 7) is 3.55. The SMILES string of the molecule is CCCCC1(C)NC(=O)N(CC(O)COc2ccc(C#N)cc2)C1=O. The van der Waals surface area contributed by atoms with Gasteiger partial charge in [-0.1, -0.05) is 19.8 Å². The standard InChI is InChI=1S/C18H23N3O4/c1-3-4-9-18(2)16(23)21(17(24)20-18)11-14(22)12-25-15-7-5-13(10-19)6-8-15/h5-8,14,22H,3-4,9,11-12H2,1-2H3,(H,20,24). The van der Waals surface area contributed by atoms with E-state index in [0.29, 0.717) is 17.7 Å². The molecule has 1 aromatic carbocycles. The zero-order valence-electron chi connectivity index (χ0n) is 14.5. The van der Waals surface area contributed by atoms with Crippen LogP contribution in [-0.2, 0) is 4.79 Å². The Labute approximate surface area is 147 Å². The molecule has 2 unspecified atom stereocenters. The highest BCUT2D eigenvalue weighted by atomic mass is 16.5. The number of unbranched alkanes of at least 4 members (excludes halogenated alkanes) is 1. The third-order valence-electron chi connectivity index (χ3n) is 4.19. The molecule has 1 saturated heterocycles. The Morgan fingerprint density at radius 2 is 2.04 bits per heavy atom. The number of amides is 3. The molecule has 2 N–H and O–H groups in total. The molecule has 2 rings (SSSR count). The molecule has 7 nitrogen and oxygen atoms in total. The lowest BCUT2D eigenvalue weighted by Gasteiger charge is -2.22. The van der Waals surface area contributed by atoms with Crippen LogP contribution < -0.4 is 10.1 Å². The van der Waals surface area contributed by atoms with Gasteiger partial charge in [-0.3, -0.25) is 9.69 Å². The van der Waals surface area contributed by atoms with Gasteiger partial charge < -0.3 is 15.2 Å². The Morgan fingerprint density at radius 1 is 1.36 bits per heavy atom. The van der Waals surface area contributed by atoms with Crippen molar-refractivity contribution in [3.63, 3.8) is 0 Å². The van der Waals surface area contributed by atoms with Crippen molar-refractivity contribution in [3.8, 4) is 11.8 Å². The maximum atomic E-state index is 12.5. The van der Waals surface area contributed by atoms with E-state index in [4.69, 9.17) is 10.00 Å². The maximum absolute atomic E-state index is 12.5. The van der Waals surface area contributed by atoms with Gasteiger partial charge in [-0.15, -0.1) is 0 Å². The normalized spacial score (nSPS) is 21.0. The molecule has 1 aliphatic rings. The molecular weight excluding hydrogens is 322 g/mol. The molecule has 1 heterocycles. The average molecular weight is 345 g/mol. The lowest BCUT2D eigenvalue weighted by molar-refractivity contribution is -0.132. The molecule has 0 radical (unpaired) electrons. The smallest absolute Gasteiger partial charge is 0.325 e. The molecule has 0 aliphatic carbocycles. The number of nitrogens with zero attached hydrogens (tertiary/aromatic N) is 2. The van der Waals surface area contributed by atoms with Crippen LogP contribution in [0.3, 0.4) is 0 Å².